The number of methoxy groups -OCH3 is 2. The predicted molar refractivity (Wildman–Crippen MR) is 196 cm³/mol. The van der Waals surface area contributed by atoms with Crippen molar-refractivity contribution in [1.82, 2.24) is 15.0 Å². The fourth-order valence-corrected chi connectivity index (χ4v) is 4.19. The summed E-state index contributed by atoms with van der Waals surface area (Å²) in [6, 6.07) is 18.1. The van der Waals surface area contributed by atoms with E-state index in [2.05, 4.69) is 56.5 Å². The molecule has 264 valence electrons. The average molecular weight is 664 g/mol. The Morgan fingerprint density at radius 2 is 0.958 bits per heavy atom. The number of halogens is 2. The van der Waals surface area contributed by atoms with Crippen molar-refractivity contribution < 1.29 is 18.3 Å². The third-order valence-corrected chi connectivity index (χ3v) is 7.07. The topological polar surface area (TPSA) is 57.1 Å². The smallest absolute Gasteiger partial charge is 0.216 e. The summed E-state index contributed by atoms with van der Waals surface area (Å²) >= 11 is 0. The Labute approximate surface area is 289 Å². The van der Waals surface area contributed by atoms with Crippen LogP contribution in [-0.4, -0.2) is 29.2 Å². The Morgan fingerprint density at radius 3 is 1.31 bits per heavy atom. The lowest BCUT2D eigenvalue weighted by molar-refractivity contribution is 0.388. The molecule has 0 radical (unpaired) electrons. The maximum atomic E-state index is 13.3. The van der Waals surface area contributed by atoms with Gasteiger partial charge in [-0.3, -0.25) is 0 Å². The van der Waals surface area contributed by atoms with E-state index in [4.69, 9.17) is 9.47 Å². The maximum absolute atomic E-state index is 13.3. The summed E-state index contributed by atoms with van der Waals surface area (Å²) in [6.07, 6.45) is 1.71. The van der Waals surface area contributed by atoms with Crippen LogP contribution in [0.3, 0.4) is 0 Å². The second-order valence-corrected chi connectivity index (χ2v) is 16.0. The Kier molecular flexibility index (Phi) is 15.4. The second kappa shape index (κ2) is 17.5. The van der Waals surface area contributed by atoms with E-state index in [-0.39, 0.29) is 33.3 Å². The first-order valence-electron chi connectivity index (χ1n) is 16.3. The van der Waals surface area contributed by atoms with Crippen LogP contribution >= 0.6 is 0 Å². The third kappa shape index (κ3) is 14.5. The van der Waals surface area contributed by atoms with E-state index < -0.39 is 0 Å². The number of aromatic nitrogens is 3. The molecule has 4 aromatic rings. The average Bonchev–Trinajstić information content (AvgIpc) is 2.99. The highest BCUT2D eigenvalue weighted by atomic mass is 19.1. The number of hydrogen-bond donors (Lipinski definition) is 0. The van der Waals surface area contributed by atoms with Gasteiger partial charge in [-0.05, 0) is 54.0 Å². The van der Waals surface area contributed by atoms with Crippen molar-refractivity contribution >= 4 is 0 Å². The van der Waals surface area contributed by atoms with Crippen LogP contribution < -0.4 is 9.47 Å². The molecule has 0 unspecified atom stereocenters. The van der Waals surface area contributed by atoms with E-state index >= 15 is 0 Å². The van der Waals surface area contributed by atoms with Crippen molar-refractivity contribution in [2.24, 2.45) is 0 Å². The van der Waals surface area contributed by atoms with Gasteiger partial charge in [0, 0.05) is 34.9 Å². The van der Waals surface area contributed by atoms with Gasteiger partial charge in [0.25, 0.3) is 0 Å². The van der Waals surface area contributed by atoms with Gasteiger partial charge in [0.05, 0.1) is 14.2 Å². The van der Waals surface area contributed by atoms with Gasteiger partial charge in [-0.25, -0.2) is 18.7 Å². The molecule has 4 rings (SSSR count). The number of ether oxygens (including phenoxy) is 2. The summed E-state index contributed by atoms with van der Waals surface area (Å²) in [5, 5.41) is 0. The lowest BCUT2D eigenvalue weighted by Gasteiger charge is -2.20. The van der Waals surface area contributed by atoms with Gasteiger partial charge in [-0.15, -0.1) is 0 Å². The van der Waals surface area contributed by atoms with Crippen LogP contribution in [0.15, 0.2) is 66.9 Å². The molecule has 48 heavy (non-hydrogen) atoms. The lowest BCUT2D eigenvalue weighted by atomic mass is 9.86. The molecule has 0 fully saturated rings. The number of nitrogens with zero attached hydrogens (tertiary/aromatic N) is 3. The zero-order valence-corrected chi connectivity index (χ0v) is 32.3. The van der Waals surface area contributed by atoms with Crippen LogP contribution in [0.1, 0.15) is 117 Å². The summed E-state index contributed by atoms with van der Waals surface area (Å²) in [5.41, 5.74) is 4.74. The number of rotatable bonds is 2. The van der Waals surface area contributed by atoms with Crippen molar-refractivity contribution in [2.75, 3.05) is 14.2 Å². The first-order valence-corrected chi connectivity index (χ1v) is 16.3. The standard InChI is InChI=1S/2C11H15F.C10H15NO.C9H14N2O/c2*1-8-5-6-10(12)9(7-8)11(2,3)4;1-10(2,3)8-6-5-7-9(11-8)12-4;1-9(2,3)8-10-6-5-7(11-8)12-4/h3*5-7H,1-4H3;5-6H,1-4H3. The maximum Gasteiger partial charge on any atom is 0.216 e. The van der Waals surface area contributed by atoms with Crippen molar-refractivity contribution in [2.45, 2.75) is 119 Å². The Balaban J connectivity index is 0.000000320. The summed E-state index contributed by atoms with van der Waals surface area (Å²) in [7, 11) is 3.24. The zero-order chi connectivity index (χ0) is 37.1. The summed E-state index contributed by atoms with van der Waals surface area (Å²) in [4.78, 5) is 12.7. The van der Waals surface area contributed by atoms with E-state index in [1.165, 1.54) is 12.1 Å². The highest BCUT2D eigenvalue weighted by Gasteiger charge is 2.19. The lowest BCUT2D eigenvalue weighted by Crippen LogP contribution is -2.15. The predicted octanol–water partition coefficient (Wildman–Crippen LogP) is 11.0. The summed E-state index contributed by atoms with van der Waals surface area (Å²) < 4.78 is 36.6. The minimum absolute atomic E-state index is 0.0193. The molecular formula is C41H59F2N3O2. The third-order valence-electron chi connectivity index (χ3n) is 7.07. The fourth-order valence-electron chi connectivity index (χ4n) is 4.19. The van der Waals surface area contributed by atoms with Gasteiger partial charge in [0.15, 0.2) is 0 Å². The largest absolute Gasteiger partial charge is 0.481 e. The molecule has 2 aromatic heterocycles. The molecule has 0 saturated heterocycles. The van der Waals surface area contributed by atoms with Crippen LogP contribution in [0.2, 0.25) is 0 Å². The molecule has 2 aromatic carbocycles. The normalized spacial score (nSPS) is 11.5. The van der Waals surface area contributed by atoms with E-state index in [0.29, 0.717) is 11.8 Å². The van der Waals surface area contributed by atoms with E-state index in [1.54, 1.807) is 38.6 Å². The van der Waals surface area contributed by atoms with Crippen LogP contribution in [-0.2, 0) is 21.7 Å². The molecule has 0 aliphatic rings. The molecule has 0 N–H and O–H groups in total. The van der Waals surface area contributed by atoms with Crippen LogP contribution in [0.4, 0.5) is 8.78 Å². The van der Waals surface area contributed by atoms with Gasteiger partial charge in [-0.2, -0.15) is 4.98 Å². The highest BCUT2D eigenvalue weighted by Crippen LogP contribution is 2.27. The number of hydrogen-bond acceptors (Lipinski definition) is 5. The molecule has 7 heteroatoms. The molecule has 0 saturated carbocycles. The molecular weight excluding hydrogens is 604 g/mol. The molecule has 0 spiro atoms. The molecule has 0 aliphatic heterocycles. The summed E-state index contributed by atoms with van der Waals surface area (Å²) in [5.74, 6) is 1.90. The zero-order valence-electron chi connectivity index (χ0n) is 32.3. The van der Waals surface area contributed by atoms with E-state index in [1.807, 2.05) is 85.7 Å². The molecule has 2 heterocycles. The van der Waals surface area contributed by atoms with Gasteiger partial charge >= 0.3 is 0 Å². The van der Waals surface area contributed by atoms with Crippen molar-refractivity contribution in [3.05, 3.63) is 112 Å². The minimum atomic E-state index is -0.104. The minimum Gasteiger partial charge on any atom is -0.481 e. The number of aryl methyl sites for hydroxylation is 2. The van der Waals surface area contributed by atoms with Crippen LogP contribution in [0.25, 0.3) is 0 Å². The number of benzene rings is 2. The number of pyridine rings is 1. The second-order valence-electron chi connectivity index (χ2n) is 16.0. The highest BCUT2D eigenvalue weighted by molar-refractivity contribution is 5.30. The van der Waals surface area contributed by atoms with Crippen LogP contribution in [0.5, 0.6) is 11.8 Å². The van der Waals surface area contributed by atoms with E-state index in [0.717, 1.165) is 33.8 Å². The molecule has 5 nitrogen and oxygen atoms in total. The van der Waals surface area contributed by atoms with Crippen molar-refractivity contribution in [1.29, 1.82) is 0 Å². The van der Waals surface area contributed by atoms with Gasteiger partial charge < -0.3 is 9.47 Å². The Morgan fingerprint density at radius 1 is 0.521 bits per heavy atom. The van der Waals surface area contributed by atoms with Gasteiger partial charge in [0.2, 0.25) is 11.8 Å². The Bertz CT molecular complexity index is 1460. The van der Waals surface area contributed by atoms with E-state index in [9.17, 15) is 8.78 Å². The fraction of sp³-hybridized carbons (Fsp3) is 0.488. The SMILES string of the molecule is COc1cccc(C(C)(C)C)n1.COc1ccnc(C(C)(C)C)n1.Cc1ccc(F)c(C(C)(C)C)c1.Cc1ccc(F)c(C(C)(C)C)c1. The van der Waals surface area contributed by atoms with Gasteiger partial charge in [-0.1, -0.05) is 125 Å². The monoisotopic (exact) mass is 663 g/mol. The van der Waals surface area contributed by atoms with Crippen molar-refractivity contribution in [3.8, 4) is 11.8 Å². The van der Waals surface area contributed by atoms with Crippen molar-refractivity contribution in [3.63, 3.8) is 0 Å². The molecule has 0 amide bonds. The van der Waals surface area contributed by atoms with Gasteiger partial charge in [0.1, 0.15) is 17.5 Å². The Hall–Kier alpha value is -3.87. The first-order chi connectivity index (χ1) is 21.9. The molecule has 0 bridgehead atoms. The molecule has 0 atom stereocenters. The van der Waals surface area contributed by atoms with Crippen LogP contribution in [0, 0.1) is 25.5 Å². The first kappa shape index (κ1) is 42.2. The molecule has 0 aliphatic carbocycles. The quantitative estimate of drug-likeness (QED) is 0.214. The summed E-state index contributed by atoms with van der Waals surface area (Å²) in [6.45, 7) is 28.7.